The second-order valence-corrected chi connectivity index (χ2v) is 6.87. The third kappa shape index (κ3) is 3.50. The van der Waals surface area contributed by atoms with Gasteiger partial charge in [-0.1, -0.05) is 72.8 Å². The Morgan fingerprint density at radius 1 is 0.828 bits per heavy atom. The van der Waals surface area contributed by atoms with Crippen LogP contribution in [0.25, 0.3) is 5.76 Å². The van der Waals surface area contributed by atoms with Gasteiger partial charge in [-0.2, -0.15) is 0 Å². The first-order chi connectivity index (χ1) is 14.1. The van der Waals surface area contributed by atoms with Gasteiger partial charge in [0.2, 0.25) is 0 Å². The van der Waals surface area contributed by atoms with Crippen molar-refractivity contribution in [3.05, 3.63) is 107 Å². The number of aliphatic hydroxyl groups excluding tert-OH is 1. The predicted octanol–water partition coefficient (Wildman–Crippen LogP) is 4.01. The van der Waals surface area contributed by atoms with E-state index in [1.807, 2.05) is 36.4 Å². The molecule has 0 aliphatic carbocycles. The second kappa shape index (κ2) is 7.64. The van der Waals surface area contributed by atoms with E-state index < -0.39 is 17.7 Å². The van der Waals surface area contributed by atoms with Gasteiger partial charge in [-0.05, 0) is 23.3 Å². The molecule has 0 saturated carbocycles. The van der Waals surface area contributed by atoms with Crippen LogP contribution in [0, 0.1) is 0 Å². The fourth-order valence-corrected chi connectivity index (χ4v) is 3.58. The molecule has 1 unspecified atom stereocenters. The summed E-state index contributed by atoms with van der Waals surface area (Å²) >= 11 is 0. The maximum absolute atomic E-state index is 12.9. The van der Waals surface area contributed by atoms with E-state index in [0.717, 1.165) is 5.56 Å². The third-order valence-corrected chi connectivity index (χ3v) is 4.99. The Kier molecular flexibility index (Phi) is 4.87. The highest BCUT2D eigenvalue weighted by atomic mass is 16.3. The number of hydrogen-bond donors (Lipinski definition) is 2. The highest BCUT2D eigenvalue weighted by molar-refractivity contribution is 6.46. The number of phenolic OH excluding ortho intramolecular Hbond substituents is 1. The molecule has 5 heteroatoms. The van der Waals surface area contributed by atoms with Gasteiger partial charge in [0.25, 0.3) is 11.7 Å². The normalized spacial score (nSPS) is 18.2. The predicted molar refractivity (Wildman–Crippen MR) is 109 cm³/mol. The molecule has 1 aliphatic rings. The molecule has 1 amide bonds. The van der Waals surface area contributed by atoms with E-state index in [0.29, 0.717) is 11.1 Å². The Balaban J connectivity index is 1.86. The van der Waals surface area contributed by atoms with Crippen molar-refractivity contribution in [3.8, 4) is 5.75 Å². The van der Waals surface area contributed by atoms with Gasteiger partial charge in [-0.3, -0.25) is 9.59 Å². The zero-order valence-electron chi connectivity index (χ0n) is 15.5. The molecule has 0 aromatic heterocycles. The highest BCUT2D eigenvalue weighted by Crippen LogP contribution is 2.40. The fraction of sp³-hybridized carbons (Fsp3) is 0.0833. The van der Waals surface area contributed by atoms with Crippen LogP contribution in [0.3, 0.4) is 0 Å². The SMILES string of the molecule is O=C1C(=O)N(Cc2ccccc2)C(c2ccc(O)cc2)/C1=C(\O)c1ccccc1. The van der Waals surface area contributed by atoms with Crippen LogP contribution in [0.2, 0.25) is 0 Å². The number of ketones is 1. The molecule has 1 heterocycles. The van der Waals surface area contributed by atoms with E-state index in [1.165, 1.54) is 17.0 Å². The lowest BCUT2D eigenvalue weighted by Crippen LogP contribution is -2.29. The number of carbonyl (C=O) groups is 2. The lowest BCUT2D eigenvalue weighted by Gasteiger charge is -2.25. The van der Waals surface area contributed by atoms with E-state index in [1.54, 1.807) is 36.4 Å². The average Bonchev–Trinajstić information content (AvgIpc) is 3.00. The molecular formula is C24H19NO4. The Morgan fingerprint density at radius 2 is 1.41 bits per heavy atom. The summed E-state index contributed by atoms with van der Waals surface area (Å²) in [5.41, 5.74) is 2.02. The number of aromatic hydroxyl groups is 1. The minimum absolute atomic E-state index is 0.0443. The lowest BCUT2D eigenvalue weighted by molar-refractivity contribution is -0.140. The molecule has 5 nitrogen and oxygen atoms in total. The van der Waals surface area contributed by atoms with E-state index in [4.69, 9.17) is 0 Å². The standard InChI is InChI=1S/C24H19NO4/c26-19-13-11-17(12-14-19)21-20(22(27)18-9-5-2-6-10-18)23(28)24(29)25(21)15-16-7-3-1-4-8-16/h1-14,21,26-27H,15H2/b22-20+. The molecule has 3 aromatic rings. The Bertz CT molecular complexity index is 1070. The minimum Gasteiger partial charge on any atom is -0.508 e. The minimum atomic E-state index is -0.754. The summed E-state index contributed by atoms with van der Waals surface area (Å²) in [4.78, 5) is 27.3. The van der Waals surface area contributed by atoms with Crippen molar-refractivity contribution < 1.29 is 19.8 Å². The van der Waals surface area contributed by atoms with E-state index in [2.05, 4.69) is 0 Å². The van der Waals surface area contributed by atoms with Crippen LogP contribution in [0.15, 0.2) is 90.5 Å². The van der Waals surface area contributed by atoms with Crippen LogP contribution in [0.1, 0.15) is 22.7 Å². The van der Waals surface area contributed by atoms with Crippen LogP contribution in [-0.2, 0) is 16.1 Å². The second-order valence-electron chi connectivity index (χ2n) is 6.87. The summed E-state index contributed by atoms with van der Waals surface area (Å²) in [7, 11) is 0. The Morgan fingerprint density at radius 3 is 2.03 bits per heavy atom. The maximum atomic E-state index is 12.9. The molecule has 2 N–H and O–H groups in total. The number of hydrogen-bond acceptors (Lipinski definition) is 4. The molecule has 144 valence electrons. The van der Waals surface area contributed by atoms with Crippen molar-refractivity contribution in [2.45, 2.75) is 12.6 Å². The molecule has 3 aromatic carbocycles. The van der Waals surface area contributed by atoms with E-state index >= 15 is 0 Å². The number of aliphatic hydroxyl groups is 1. The molecule has 1 fully saturated rings. The van der Waals surface area contributed by atoms with Crippen molar-refractivity contribution in [1.29, 1.82) is 0 Å². The molecule has 1 aliphatic heterocycles. The Labute approximate surface area is 168 Å². The van der Waals surface area contributed by atoms with Gasteiger partial charge in [0.15, 0.2) is 0 Å². The van der Waals surface area contributed by atoms with Gasteiger partial charge in [0, 0.05) is 12.1 Å². The van der Waals surface area contributed by atoms with Gasteiger partial charge < -0.3 is 15.1 Å². The van der Waals surface area contributed by atoms with Crippen LogP contribution in [-0.4, -0.2) is 26.8 Å². The van der Waals surface area contributed by atoms with Crippen molar-refractivity contribution in [3.63, 3.8) is 0 Å². The smallest absolute Gasteiger partial charge is 0.295 e. The zero-order chi connectivity index (χ0) is 20.4. The number of amides is 1. The van der Waals surface area contributed by atoms with Crippen molar-refractivity contribution >= 4 is 17.4 Å². The molecule has 1 saturated heterocycles. The van der Waals surface area contributed by atoms with Crippen molar-refractivity contribution in [2.75, 3.05) is 0 Å². The summed E-state index contributed by atoms with van der Waals surface area (Å²) < 4.78 is 0. The zero-order valence-corrected chi connectivity index (χ0v) is 15.5. The van der Waals surface area contributed by atoms with Gasteiger partial charge >= 0.3 is 0 Å². The number of rotatable bonds is 4. The number of Topliss-reactive ketones (excluding diaryl/α,β-unsaturated/α-hetero) is 1. The number of nitrogens with zero attached hydrogens (tertiary/aromatic N) is 1. The average molecular weight is 385 g/mol. The molecular weight excluding hydrogens is 366 g/mol. The van der Waals surface area contributed by atoms with Crippen LogP contribution in [0.5, 0.6) is 5.75 Å². The Hall–Kier alpha value is -3.86. The number of carbonyl (C=O) groups excluding carboxylic acids is 2. The summed E-state index contributed by atoms with van der Waals surface area (Å²) in [5, 5.41) is 20.6. The molecule has 4 rings (SSSR count). The monoisotopic (exact) mass is 385 g/mol. The molecule has 1 atom stereocenters. The van der Waals surface area contributed by atoms with Crippen LogP contribution in [0.4, 0.5) is 0 Å². The first-order valence-electron chi connectivity index (χ1n) is 9.23. The largest absolute Gasteiger partial charge is 0.508 e. The van der Waals surface area contributed by atoms with Gasteiger partial charge in [0.1, 0.15) is 11.5 Å². The number of likely N-dealkylation sites (tertiary alicyclic amines) is 1. The highest BCUT2D eigenvalue weighted by Gasteiger charge is 2.46. The maximum Gasteiger partial charge on any atom is 0.295 e. The summed E-state index contributed by atoms with van der Waals surface area (Å²) in [6.45, 7) is 0.225. The summed E-state index contributed by atoms with van der Waals surface area (Å²) in [6.07, 6.45) is 0. The van der Waals surface area contributed by atoms with Gasteiger partial charge in [-0.15, -0.1) is 0 Å². The van der Waals surface area contributed by atoms with Crippen molar-refractivity contribution in [1.82, 2.24) is 4.90 Å². The fourth-order valence-electron chi connectivity index (χ4n) is 3.58. The first kappa shape index (κ1) is 18.5. The van der Waals surface area contributed by atoms with E-state index in [-0.39, 0.29) is 23.6 Å². The summed E-state index contributed by atoms with van der Waals surface area (Å²) in [6, 6.07) is 23.6. The van der Waals surface area contributed by atoms with Crippen LogP contribution >= 0.6 is 0 Å². The van der Waals surface area contributed by atoms with Crippen molar-refractivity contribution in [2.24, 2.45) is 0 Å². The molecule has 29 heavy (non-hydrogen) atoms. The molecule has 0 radical (unpaired) electrons. The quantitative estimate of drug-likeness (QED) is 0.404. The van der Waals surface area contributed by atoms with Gasteiger partial charge in [0.05, 0.1) is 11.6 Å². The summed E-state index contributed by atoms with van der Waals surface area (Å²) in [5.74, 6) is -1.51. The number of phenols is 1. The van der Waals surface area contributed by atoms with Crippen LogP contribution < -0.4 is 0 Å². The first-order valence-corrected chi connectivity index (χ1v) is 9.23. The number of benzene rings is 3. The molecule has 0 spiro atoms. The lowest BCUT2D eigenvalue weighted by atomic mass is 9.95. The molecule has 0 bridgehead atoms. The topological polar surface area (TPSA) is 77.8 Å². The third-order valence-electron chi connectivity index (χ3n) is 4.99. The van der Waals surface area contributed by atoms with E-state index in [9.17, 15) is 19.8 Å². The van der Waals surface area contributed by atoms with Gasteiger partial charge in [-0.25, -0.2) is 0 Å².